The summed E-state index contributed by atoms with van der Waals surface area (Å²) in [6, 6.07) is 4.11. The average molecular weight is 267 g/mol. The van der Waals surface area contributed by atoms with Crippen molar-refractivity contribution in [2.45, 2.75) is 6.04 Å². The lowest BCUT2D eigenvalue weighted by Crippen LogP contribution is -2.55. The van der Waals surface area contributed by atoms with Crippen LogP contribution >= 0.6 is 0 Å². The Morgan fingerprint density at radius 1 is 1.37 bits per heavy atom. The fourth-order valence-corrected chi connectivity index (χ4v) is 1.81. The van der Waals surface area contributed by atoms with Crippen molar-refractivity contribution in [1.29, 1.82) is 0 Å². The van der Waals surface area contributed by atoms with E-state index in [0.717, 1.165) is 0 Å². The summed E-state index contributed by atoms with van der Waals surface area (Å²) in [4.78, 5) is 24.6. The topological polar surface area (TPSA) is 84.7 Å². The number of primary amides is 1. The van der Waals surface area contributed by atoms with Crippen molar-refractivity contribution in [3.63, 3.8) is 0 Å². The number of urea groups is 1. The minimum Gasteiger partial charge on any atom is -0.377 e. The molecule has 102 valence electrons. The van der Waals surface area contributed by atoms with E-state index in [9.17, 15) is 14.0 Å². The normalized spacial score (nSPS) is 19.0. The smallest absolute Gasteiger partial charge is 0.322 e. The van der Waals surface area contributed by atoms with Gasteiger partial charge in [-0.25, -0.2) is 9.18 Å². The molecule has 0 bridgehead atoms. The molecule has 1 saturated heterocycles. The van der Waals surface area contributed by atoms with Crippen molar-refractivity contribution in [2.75, 3.05) is 25.1 Å². The summed E-state index contributed by atoms with van der Waals surface area (Å²) in [5.41, 5.74) is 5.66. The fourth-order valence-electron chi connectivity index (χ4n) is 1.81. The Hall–Kier alpha value is -2.15. The zero-order valence-corrected chi connectivity index (χ0v) is 10.1. The number of halogens is 1. The van der Waals surface area contributed by atoms with Crippen LogP contribution in [0.1, 0.15) is 0 Å². The summed E-state index contributed by atoms with van der Waals surface area (Å²) in [5, 5.41) is 2.58. The van der Waals surface area contributed by atoms with Gasteiger partial charge in [-0.05, 0) is 24.3 Å². The molecular formula is C12H14FN3O3. The van der Waals surface area contributed by atoms with Crippen molar-refractivity contribution >= 4 is 17.6 Å². The van der Waals surface area contributed by atoms with Crippen molar-refractivity contribution in [2.24, 2.45) is 5.73 Å². The van der Waals surface area contributed by atoms with Crippen LogP contribution < -0.4 is 11.1 Å². The first-order valence-corrected chi connectivity index (χ1v) is 5.78. The number of amides is 3. The van der Waals surface area contributed by atoms with Gasteiger partial charge in [0.1, 0.15) is 11.9 Å². The van der Waals surface area contributed by atoms with Gasteiger partial charge < -0.3 is 20.7 Å². The molecule has 1 heterocycles. The third kappa shape index (κ3) is 3.19. The molecule has 7 heteroatoms. The lowest BCUT2D eigenvalue weighted by molar-refractivity contribution is -0.126. The zero-order chi connectivity index (χ0) is 13.8. The largest absolute Gasteiger partial charge is 0.377 e. The molecule has 1 atom stereocenters. The summed E-state index contributed by atoms with van der Waals surface area (Å²) in [7, 11) is 0. The van der Waals surface area contributed by atoms with Crippen LogP contribution in [0.5, 0.6) is 0 Å². The molecule has 1 aromatic rings. The standard InChI is InChI=1S/C12H14FN3O3/c13-8-1-3-9(4-2-8)15-12(18)16-5-6-19-7-10(16)11(14)17/h1-4,10H,5-7H2,(H2,14,17)(H,15,18). The molecule has 0 radical (unpaired) electrons. The number of hydrogen-bond donors (Lipinski definition) is 2. The number of ether oxygens (including phenoxy) is 1. The third-order valence-electron chi connectivity index (χ3n) is 2.81. The lowest BCUT2D eigenvalue weighted by atomic mass is 10.2. The maximum atomic E-state index is 12.7. The summed E-state index contributed by atoms with van der Waals surface area (Å²) in [6.07, 6.45) is 0. The number of hydrogen-bond acceptors (Lipinski definition) is 3. The molecule has 6 nitrogen and oxygen atoms in total. The van der Waals surface area contributed by atoms with E-state index >= 15 is 0 Å². The van der Waals surface area contributed by atoms with Crippen LogP contribution in [0.25, 0.3) is 0 Å². The minimum absolute atomic E-state index is 0.0895. The van der Waals surface area contributed by atoms with Crippen LogP contribution in [0.15, 0.2) is 24.3 Å². The summed E-state index contributed by atoms with van der Waals surface area (Å²) < 4.78 is 17.9. The highest BCUT2D eigenvalue weighted by Gasteiger charge is 2.31. The van der Waals surface area contributed by atoms with Gasteiger partial charge in [0.2, 0.25) is 5.91 Å². The Morgan fingerprint density at radius 2 is 2.05 bits per heavy atom. The SMILES string of the molecule is NC(=O)C1COCCN1C(=O)Nc1ccc(F)cc1. The first-order valence-electron chi connectivity index (χ1n) is 5.78. The minimum atomic E-state index is -0.783. The number of morpholine rings is 1. The van der Waals surface area contributed by atoms with Crippen LogP contribution in [-0.4, -0.2) is 42.6 Å². The number of nitrogens with zero attached hydrogens (tertiary/aromatic N) is 1. The third-order valence-corrected chi connectivity index (χ3v) is 2.81. The van der Waals surface area contributed by atoms with E-state index < -0.39 is 18.0 Å². The lowest BCUT2D eigenvalue weighted by Gasteiger charge is -2.33. The Bertz CT molecular complexity index is 478. The first kappa shape index (κ1) is 13.3. The summed E-state index contributed by atoms with van der Waals surface area (Å²) >= 11 is 0. The second-order valence-electron chi connectivity index (χ2n) is 4.12. The van der Waals surface area contributed by atoms with Crippen LogP contribution in [0, 0.1) is 5.82 Å². The van der Waals surface area contributed by atoms with Gasteiger partial charge in [0, 0.05) is 12.2 Å². The van der Waals surface area contributed by atoms with Crippen molar-refractivity contribution in [3.8, 4) is 0 Å². The fraction of sp³-hybridized carbons (Fsp3) is 0.333. The number of nitrogens with one attached hydrogen (secondary N) is 1. The predicted octanol–water partition coefficient (Wildman–Crippen LogP) is 0.544. The molecule has 0 aliphatic carbocycles. The van der Waals surface area contributed by atoms with E-state index in [1.54, 1.807) is 0 Å². The Morgan fingerprint density at radius 3 is 2.68 bits per heavy atom. The monoisotopic (exact) mass is 267 g/mol. The van der Waals surface area contributed by atoms with Gasteiger partial charge in [0.15, 0.2) is 0 Å². The molecule has 1 aliphatic rings. The van der Waals surface area contributed by atoms with Crippen molar-refractivity contribution in [1.82, 2.24) is 4.90 Å². The highest BCUT2D eigenvalue weighted by atomic mass is 19.1. The summed E-state index contributed by atoms with van der Waals surface area (Å²) in [5.74, 6) is -1.01. The van der Waals surface area contributed by atoms with Crippen molar-refractivity contribution in [3.05, 3.63) is 30.1 Å². The van der Waals surface area contributed by atoms with E-state index in [-0.39, 0.29) is 19.0 Å². The van der Waals surface area contributed by atoms with Gasteiger partial charge >= 0.3 is 6.03 Å². The average Bonchev–Trinajstić information content (AvgIpc) is 2.41. The maximum Gasteiger partial charge on any atom is 0.322 e. The molecule has 1 aromatic carbocycles. The number of anilines is 1. The molecule has 0 spiro atoms. The molecule has 3 amide bonds. The molecule has 1 fully saturated rings. The molecule has 0 aromatic heterocycles. The van der Waals surface area contributed by atoms with E-state index in [0.29, 0.717) is 12.3 Å². The summed E-state index contributed by atoms with van der Waals surface area (Å²) in [6.45, 7) is 0.716. The van der Waals surface area contributed by atoms with Gasteiger partial charge in [-0.15, -0.1) is 0 Å². The Labute approximate surface area is 109 Å². The first-order chi connectivity index (χ1) is 9.08. The van der Waals surface area contributed by atoms with E-state index in [4.69, 9.17) is 10.5 Å². The number of nitrogens with two attached hydrogens (primary N) is 1. The zero-order valence-electron chi connectivity index (χ0n) is 10.1. The molecule has 1 aliphatic heterocycles. The second-order valence-corrected chi connectivity index (χ2v) is 4.12. The van der Waals surface area contributed by atoms with Gasteiger partial charge in [0.25, 0.3) is 0 Å². The number of benzene rings is 1. The highest BCUT2D eigenvalue weighted by molar-refractivity contribution is 5.93. The van der Waals surface area contributed by atoms with Crippen LogP contribution in [0.2, 0.25) is 0 Å². The van der Waals surface area contributed by atoms with E-state index in [1.165, 1.54) is 29.2 Å². The van der Waals surface area contributed by atoms with Crippen LogP contribution in [0.4, 0.5) is 14.9 Å². The van der Waals surface area contributed by atoms with Crippen molar-refractivity contribution < 1.29 is 18.7 Å². The number of carbonyl (C=O) groups excluding carboxylic acids is 2. The Kier molecular flexibility index (Phi) is 3.96. The second kappa shape index (κ2) is 5.66. The molecular weight excluding hydrogens is 253 g/mol. The maximum absolute atomic E-state index is 12.7. The molecule has 0 saturated carbocycles. The highest BCUT2D eigenvalue weighted by Crippen LogP contribution is 2.12. The van der Waals surface area contributed by atoms with Gasteiger partial charge in [-0.2, -0.15) is 0 Å². The molecule has 2 rings (SSSR count). The predicted molar refractivity (Wildman–Crippen MR) is 65.9 cm³/mol. The van der Waals surface area contributed by atoms with E-state index in [1.807, 2.05) is 0 Å². The van der Waals surface area contributed by atoms with E-state index in [2.05, 4.69) is 5.32 Å². The molecule has 1 unspecified atom stereocenters. The quantitative estimate of drug-likeness (QED) is 0.820. The number of carbonyl (C=O) groups is 2. The molecule has 19 heavy (non-hydrogen) atoms. The Balaban J connectivity index is 2.05. The van der Waals surface area contributed by atoms with Gasteiger partial charge in [0.05, 0.1) is 13.2 Å². The number of rotatable bonds is 2. The van der Waals surface area contributed by atoms with Gasteiger partial charge in [-0.3, -0.25) is 4.79 Å². The van der Waals surface area contributed by atoms with Crippen LogP contribution in [0.3, 0.4) is 0 Å². The van der Waals surface area contributed by atoms with Crippen LogP contribution in [-0.2, 0) is 9.53 Å². The van der Waals surface area contributed by atoms with Gasteiger partial charge in [-0.1, -0.05) is 0 Å². The molecule has 3 N–H and O–H groups in total.